The van der Waals surface area contributed by atoms with Crippen molar-refractivity contribution in [3.63, 3.8) is 0 Å². The summed E-state index contributed by atoms with van der Waals surface area (Å²) in [4.78, 5) is 23.5. The van der Waals surface area contributed by atoms with E-state index in [1.165, 1.54) is 50.5 Å². The Bertz CT molecular complexity index is 1900. The Morgan fingerprint density at radius 2 is 1.73 bits per heavy atom. The fourth-order valence-corrected chi connectivity index (χ4v) is 19.0. The van der Waals surface area contributed by atoms with Crippen LogP contribution >= 0.6 is 21.6 Å². The van der Waals surface area contributed by atoms with Crippen LogP contribution in [0.5, 0.6) is 0 Å². The van der Waals surface area contributed by atoms with Gasteiger partial charge in [0.2, 0.25) is 0 Å². The molecule has 60 heavy (non-hydrogen) atoms. The van der Waals surface area contributed by atoms with E-state index in [4.69, 9.17) is 11.5 Å². The molecule has 7 aliphatic carbocycles. The number of aliphatic hydroxyl groups is 4. The number of carbonyl (C=O) groups excluding carboxylic acids is 1. The number of fused-ring (bicyclic) bond motifs is 10. The van der Waals surface area contributed by atoms with Gasteiger partial charge < -0.3 is 36.5 Å². The Morgan fingerprint density at radius 1 is 0.950 bits per heavy atom. The number of rotatable bonds is 3. The van der Waals surface area contributed by atoms with Crippen molar-refractivity contribution in [1.82, 2.24) is 9.55 Å². The molecule has 6 saturated carbocycles. The van der Waals surface area contributed by atoms with Gasteiger partial charge in [0.1, 0.15) is 0 Å². The van der Waals surface area contributed by atoms with Crippen LogP contribution in [0.3, 0.4) is 0 Å². The first kappa shape index (κ1) is 43.4. The van der Waals surface area contributed by atoms with Crippen molar-refractivity contribution in [2.24, 2.45) is 85.5 Å². The van der Waals surface area contributed by atoms with Gasteiger partial charge in [-0.1, -0.05) is 73.8 Å². The standard InChI is InChI=1S/C48H73N5O5S2/c1-27-34-14-32(48(58)37-17-39(55)36-16-40(56)41(57)22-45(36,4)42(37)30(19-46(34,48)5)23-52-43(49)50)24-59-60-25-33(53-12-11-51-26-53)21-44(2,3)35(15-38(27)54)29-13-28-8-9-31-7-6-10-47(31,18-28)20-29/h11-12,17,26-28,30-34,36,38,40-42,54,56-58H,6-10,13-16,18-25H2,1-5H3,(H4,49,50,52). The van der Waals surface area contributed by atoms with Gasteiger partial charge in [0.15, 0.2) is 11.7 Å². The Kier molecular flexibility index (Phi) is 11.4. The highest BCUT2D eigenvalue weighted by Crippen LogP contribution is 2.72. The average Bonchev–Trinajstić information content (AvgIpc) is 3.91. The molecule has 12 heteroatoms. The van der Waals surface area contributed by atoms with Crippen LogP contribution in [0, 0.1) is 69.0 Å². The molecule has 0 aromatic carbocycles. The van der Waals surface area contributed by atoms with Gasteiger partial charge in [-0.3, -0.25) is 9.79 Å². The lowest BCUT2D eigenvalue weighted by atomic mass is 9.42. The highest BCUT2D eigenvalue weighted by Gasteiger charge is 2.72. The monoisotopic (exact) mass is 864 g/mol. The third kappa shape index (κ3) is 6.92. The predicted molar refractivity (Wildman–Crippen MR) is 241 cm³/mol. The number of guanidine groups is 1. The van der Waals surface area contributed by atoms with Gasteiger partial charge in [0.05, 0.1) is 30.2 Å². The summed E-state index contributed by atoms with van der Waals surface area (Å²) in [6.45, 7) is 11.8. The van der Waals surface area contributed by atoms with Gasteiger partial charge in [-0.25, -0.2) is 4.98 Å². The first-order valence-electron chi connectivity index (χ1n) is 23.4. The maximum Gasteiger partial charge on any atom is 0.185 e. The second kappa shape index (κ2) is 15.7. The molecule has 7 fully saturated rings. The molecule has 2 heterocycles. The first-order valence-corrected chi connectivity index (χ1v) is 25.9. The van der Waals surface area contributed by atoms with E-state index in [1.807, 2.05) is 34.1 Å². The largest absolute Gasteiger partial charge is 0.393 e. The number of aliphatic imine (C=N–C) groups is 1. The van der Waals surface area contributed by atoms with Gasteiger partial charge in [-0.05, 0) is 147 Å². The maximum absolute atomic E-state index is 14.4. The molecule has 4 bridgehead atoms. The van der Waals surface area contributed by atoms with E-state index in [1.54, 1.807) is 11.6 Å². The summed E-state index contributed by atoms with van der Waals surface area (Å²) >= 11 is 0. The normalized spacial score (nSPS) is 49.1. The summed E-state index contributed by atoms with van der Waals surface area (Å²) in [5.74, 6) is 1.91. The summed E-state index contributed by atoms with van der Waals surface area (Å²) in [7, 11) is 3.71. The minimum Gasteiger partial charge on any atom is -0.393 e. The van der Waals surface area contributed by atoms with Gasteiger partial charge in [0.25, 0.3) is 0 Å². The minimum absolute atomic E-state index is 0.00953. The molecule has 1 aliphatic heterocycles. The van der Waals surface area contributed by atoms with Crippen molar-refractivity contribution in [2.45, 2.75) is 154 Å². The molecule has 8 N–H and O–H groups in total. The molecule has 0 radical (unpaired) electrons. The van der Waals surface area contributed by atoms with Crippen molar-refractivity contribution < 1.29 is 25.2 Å². The maximum atomic E-state index is 14.4. The van der Waals surface area contributed by atoms with E-state index >= 15 is 0 Å². The van der Waals surface area contributed by atoms with Crippen LogP contribution < -0.4 is 11.5 Å². The number of nitrogens with zero attached hydrogens (tertiary/aromatic N) is 3. The number of aliphatic hydroxyl groups excluding tert-OH is 3. The molecule has 10 nitrogen and oxygen atoms in total. The summed E-state index contributed by atoms with van der Waals surface area (Å²) < 4.78 is 2.29. The fraction of sp³-hybridized carbons (Fsp3) is 0.812. The first-order chi connectivity index (χ1) is 28.4. The molecular weight excluding hydrogens is 791 g/mol. The minimum atomic E-state index is -1.33. The Labute approximate surface area is 366 Å². The van der Waals surface area contributed by atoms with Crippen LogP contribution in [-0.4, -0.2) is 83.7 Å². The highest BCUT2D eigenvalue weighted by atomic mass is 33.1. The van der Waals surface area contributed by atoms with E-state index in [0.29, 0.717) is 30.6 Å². The summed E-state index contributed by atoms with van der Waals surface area (Å²) in [5.41, 5.74) is 13.4. The molecule has 16 unspecified atom stereocenters. The molecule has 8 aliphatic rings. The SMILES string of the molecule is CC1C(O)CC(=C2CC3CCC4CCCC4(C2)C3)C(C)(C)CC(n2ccnc2)CSSCC2CC1C1(C)CC(CN=C(N)N)C3C(=CC(=O)C4CC(O)C(O)CC43C)C21O. The van der Waals surface area contributed by atoms with Crippen molar-refractivity contribution in [3.05, 3.63) is 41.5 Å². The zero-order valence-electron chi connectivity index (χ0n) is 36.8. The number of hydrogen-bond acceptors (Lipinski definition) is 9. The van der Waals surface area contributed by atoms with Crippen LogP contribution in [-0.2, 0) is 4.79 Å². The van der Waals surface area contributed by atoms with Gasteiger partial charge in [0, 0.05) is 53.7 Å². The van der Waals surface area contributed by atoms with Gasteiger partial charge in [-0.2, -0.15) is 0 Å². The quantitative estimate of drug-likeness (QED) is 0.0786. The van der Waals surface area contributed by atoms with Crippen molar-refractivity contribution in [3.8, 4) is 0 Å². The van der Waals surface area contributed by atoms with Crippen LogP contribution in [0.25, 0.3) is 0 Å². The fourth-order valence-electron chi connectivity index (χ4n) is 16.3. The molecule has 0 amide bonds. The van der Waals surface area contributed by atoms with Crippen LogP contribution in [0.4, 0.5) is 0 Å². The number of imidazole rings is 1. The number of hydrogen-bond donors (Lipinski definition) is 6. The number of ketones is 1. The van der Waals surface area contributed by atoms with E-state index in [9.17, 15) is 25.2 Å². The lowest BCUT2D eigenvalue weighted by Crippen LogP contribution is -2.65. The number of carbonyl (C=O) groups is 1. The van der Waals surface area contributed by atoms with Crippen LogP contribution in [0.15, 0.2) is 46.5 Å². The van der Waals surface area contributed by atoms with Crippen molar-refractivity contribution in [2.75, 3.05) is 18.1 Å². The van der Waals surface area contributed by atoms with Gasteiger partial charge in [-0.15, -0.1) is 0 Å². The van der Waals surface area contributed by atoms with Crippen molar-refractivity contribution in [1.29, 1.82) is 0 Å². The summed E-state index contributed by atoms with van der Waals surface area (Å²) in [6.07, 6.45) is 19.0. The molecule has 16 atom stereocenters. The molecule has 9 rings (SSSR count). The van der Waals surface area contributed by atoms with E-state index < -0.39 is 40.7 Å². The summed E-state index contributed by atoms with van der Waals surface area (Å²) in [5, 5.41) is 48.9. The number of allylic oxidation sites excluding steroid dienone is 2. The zero-order chi connectivity index (χ0) is 42.6. The third-order valence-electron chi connectivity index (χ3n) is 19.0. The average molecular weight is 864 g/mol. The van der Waals surface area contributed by atoms with E-state index in [-0.39, 0.29) is 65.6 Å². The lowest BCUT2D eigenvalue weighted by molar-refractivity contribution is -0.168. The van der Waals surface area contributed by atoms with Crippen LogP contribution in [0.2, 0.25) is 0 Å². The number of aromatic nitrogens is 2. The van der Waals surface area contributed by atoms with E-state index in [0.717, 1.165) is 42.4 Å². The highest BCUT2D eigenvalue weighted by molar-refractivity contribution is 8.76. The molecule has 1 aromatic heterocycles. The predicted octanol–water partition coefficient (Wildman–Crippen LogP) is 7.23. The second-order valence-corrected chi connectivity index (χ2v) is 25.1. The Hall–Kier alpha value is -1.83. The smallest absolute Gasteiger partial charge is 0.185 e. The van der Waals surface area contributed by atoms with E-state index in [2.05, 4.69) is 55.4 Å². The summed E-state index contributed by atoms with van der Waals surface area (Å²) in [6, 6.07) is 0.206. The molecule has 332 valence electrons. The molecular formula is C48H73N5O5S2. The molecule has 1 spiro atoms. The lowest BCUT2D eigenvalue weighted by Gasteiger charge is -2.63. The zero-order valence-corrected chi connectivity index (χ0v) is 38.4. The van der Waals surface area contributed by atoms with Crippen molar-refractivity contribution >= 4 is 33.3 Å². The Balaban J connectivity index is 1.15. The molecule has 1 aromatic rings. The second-order valence-electron chi connectivity index (χ2n) is 22.6. The van der Waals surface area contributed by atoms with Gasteiger partial charge >= 0.3 is 0 Å². The number of nitrogens with two attached hydrogens (primary N) is 2. The molecule has 1 saturated heterocycles. The third-order valence-corrected chi connectivity index (χ3v) is 21.5. The Morgan fingerprint density at radius 3 is 2.48 bits per heavy atom. The van der Waals surface area contributed by atoms with Crippen LogP contribution in [0.1, 0.15) is 131 Å². The topological polar surface area (TPSA) is 180 Å².